The summed E-state index contributed by atoms with van der Waals surface area (Å²) in [5.74, 6) is -1.15. The molecule has 80 valence electrons. The number of nitrogens with zero attached hydrogens (tertiary/aromatic N) is 1. The Morgan fingerprint density at radius 3 is 2.53 bits per heavy atom. The van der Waals surface area contributed by atoms with Crippen LogP contribution in [0, 0.1) is 11.6 Å². The second-order valence-corrected chi connectivity index (χ2v) is 3.59. The first-order valence-corrected chi connectivity index (χ1v) is 4.81. The lowest BCUT2D eigenvalue weighted by molar-refractivity contribution is 0.0375. The van der Waals surface area contributed by atoms with Gasteiger partial charge in [-0.05, 0) is 31.9 Å². The minimum Gasteiger partial charge on any atom is -0.387 e. The summed E-state index contributed by atoms with van der Waals surface area (Å²) in [6.07, 6.45) is 0.668. The first-order chi connectivity index (χ1) is 7.18. The minimum absolute atomic E-state index is 0.0197. The van der Waals surface area contributed by atoms with Crippen LogP contribution in [-0.2, 0) is 4.84 Å². The normalized spacial score (nSPS) is 20.7. The lowest BCUT2D eigenvalue weighted by atomic mass is 10.0. The van der Waals surface area contributed by atoms with Crippen LogP contribution in [0.3, 0.4) is 0 Å². The topological polar surface area (TPSA) is 21.6 Å². The predicted octanol–water partition coefficient (Wildman–Crippen LogP) is 3.19. The average Bonchev–Trinajstić information content (AvgIpc) is 2.20. The molecule has 0 unspecified atom stereocenters. The van der Waals surface area contributed by atoms with Crippen molar-refractivity contribution in [3.8, 4) is 0 Å². The third kappa shape index (κ3) is 1.98. The molecule has 0 saturated carbocycles. The Kier molecular flexibility index (Phi) is 2.66. The molecule has 1 aliphatic rings. The highest BCUT2D eigenvalue weighted by Gasteiger charge is 2.24. The van der Waals surface area contributed by atoms with Gasteiger partial charge in [0, 0.05) is 0 Å². The van der Waals surface area contributed by atoms with E-state index in [0.717, 1.165) is 5.71 Å². The molecule has 1 atom stereocenters. The van der Waals surface area contributed by atoms with Gasteiger partial charge in [0.2, 0.25) is 0 Å². The van der Waals surface area contributed by atoms with E-state index in [4.69, 9.17) is 4.84 Å². The molecule has 0 fully saturated rings. The van der Waals surface area contributed by atoms with Gasteiger partial charge in [0.15, 0.2) is 6.10 Å². The van der Waals surface area contributed by atoms with Crippen LogP contribution in [0.25, 0.3) is 0 Å². The van der Waals surface area contributed by atoms with E-state index in [0.29, 0.717) is 12.8 Å². The summed E-state index contributed by atoms with van der Waals surface area (Å²) in [6.45, 7) is 1.83. The first-order valence-electron chi connectivity index (χ1n) is 4.81. The van der Waals surface area contributed by atoms with E-state index in [1.807, 2.05) is 6.92 Å². The quantitative estimate of drug-likeness (QED) is 0.699. The molecule has 0 saturated heterocycles. The molecule has 1 heterocycles. The van der Waals surface area contributed by atoms with Crippen molar-refractivity contribution in [3.63, 3.8) is 0 Å². The third-order valence-corrected chi connectivity index (χ3v) is 2.43. The number of halogens is 2. The Morgan fingerprint density at radius 2 is 2.00 bits per heavy atom. The van der Waals surface area contributed by atoms with Crippen LogP contribution in [0.5, 0.6) is 0 Å². The molecule has 0 aliphatic carbocycles. The third-order valence-electron chi connectivity index (χ3n) is 2.43. The molecule has 0 amide bonds. The van der Waals surface area contributed by atoms with Crippen LogP contribution in [0.2, 0.25) is 0 Å². The molecule has 0 N–H and O–H groups in total. The molecule has 0 bridgehead atoms. The van der Waals surface area contributed by atoms with E-state index in [-0.39, 0.29) is 5.56 Å². The van der Waals surface area contributed by atoms with Gasteiger partial charge >= 0.3 is 0 Å². The molecule has 0 radical (unpaired) electrons. The maximum atomic E-state index is 13.4. The van der Waals surface area contributed by atoms with Crippen molar-refractivity contribution in [3.05, 3.63) is 35.4 Å². The lowest BCUT2D eigenvalue weighted by Gasteiger charge is -2.20. The molecule has 0 aromatic heterocycles. The van der Waals surface area contributed by atoms with Gasteiger partial charge < -0.3 is 4.84 Å². The zero-order chi connectivity index (χ0) is 10.8. The molecule has 2 nitrogen and oxygen atoms in total. The monoisotopic (exact) mass is 211 g/mol. The van der Waals surface area contributed by atoms with E-state index in [1.165, 1.54) is 18.2 Å². The van der Waals surface area contributed by atoms with Crippen molar-refractivity contribution in [1.82, 2.24) is 0 Å². The number of oxime groups is 1. The van der Waals surface area contributed by atoms with Gasteiger partial charge in [0.05, 0.1) is 11.3 Å². The molecular formula is C11H11F2NO. The van der Waals surface area contributed by atoms with Crippen LogP contribution < -0.4 is 0 Å². The lowest BCUT2D eigenvalue weighted by Crippen LogP contribution is -2.13. The smallest absolute Gasteiger partial charge is 0.158 e. The van der Waals surface area contributed by atoms with Gasteiger partial charge in [-0.1, -0.05) is 11.2 Å². The zero-order valence-electron chi connectivity index (χ0n) is 8.34. The van der Waals surface area contributed by atoms with Crippen molar-refractivity contribution in [2.45, 2.75) is 25.9 Å². The molecule has 1 aromatic carbocycles. The molecular weight excluding hydrogens is 200 g/mol. The van der Waals surface area contributed by atoms with Crippen molar-refractivity contribution in [2.24, 2.45) is 5.16 Å². The fraction of sp³-hybridized carbons (Fsp3) is 0.364. The van der Waals surface area contributed by atoms with Crippen LogP contribution in [0.4, 0.5) is 8.78 Å². The fourth-order valence-corrected chi connectivity index (χ4v) is 1.61. The molecule has 4 heteroatoms. The molecule has 1 aromatic rings. The average molecular weight is 211 g/mol. The van der Waals surface area contributed by atoms with Crippen molar-refractivity contribution < 1.29 is 13.6 Å². The Labute approximate surface area is 86.5 Å². The van der Waals surface area contributed by atoms with Gasteiger partial charge in [-0.2, -0.15) is 0 Å². The second-order valence-electron chi connectivity index (χ2n) is 3.59. The molecule has 15 heavy (non-hydrogen) atoms. The van der Waals surface area contributed by atoms with Gasteiger partial charge in [0.25, 0.3) is 0 Å². The van der Waals surface area contributed by atoms with Crippen molar-refractivity contribution in [1.29, 1.82) is 0 Å². The Balaban J connectivity index is 2.30. The summed E-state index contributed by atoms with van der Waals surface area (Å²) in [4.78, 5) is 5.05. The summed E-state index contributed by atoms with van der Waals surface area (Å²) in [5.41, 5.74) is 0.830. The summed E-state index contributed by atoms with van der Waals surface area (Å²) in [6, 6.07) is 3.80. The van der Waals surface area contributed by atoms with Crippen molar-refractivity contribution in [2.75, 3.05) is 0 Å². The van der Waals surface area contributed by atoms with Gasteiger partial charge in [0.1, 0.15) is 11.6 Å². The maximum absolute atomic E-state index is 13.4. The van der Waals surface area contributed by atoms with E-state index >= 15 is 0 Å². The number of rotatable bonds is 1. The summed E-state index contributed by atoms with van der Waals surface area (Å²) in [5, 5.41) is 3.75. The van der Waals surface area contributed by atoms with E-state index in [2.05, 4.69) is 5.16 Å². The molecule has 2 rings (SSSR count). The maximum Gasteiger partial charge on any atom is 0.158 e. The van der Waals surface area contributed by atoms with E-state index in [1.54, 1.807) is 0 Å². The van der Waals surface area contributed by atoms with Gasteiger partial charge in [-0.15, -0.1) is 0 Å². The predicted molar refractivity (Wildman–Crippen MR) is 52.5 cm³/mol. The van der Waals surface area contributed by atoms with Gasteiger partial charge in [-0.25, -0.2) is 8.78 Å². The number of hydrogen-bond acceptors (Lipinski definition) is 2. The van der Waals surface area contributed by atoms with Crippen LogP contribution in [0.15, 0.2) is 23.4 Å². The number of benzene rings is 1. The summed E-state index contributed by atoms with van der Waals surface area (Å²) < 4.78 is 26.7. The largest absolute Gasteiger partial charge is 0.387 e. The SMILES string of the molecule is CC1=NO[C@@H](c2c(F)cccc2F)CC1. The Bertz CT molecular complexity index is 383. The van der Waals surface area contributed by atoms with E-state index < -0.39 is 17.7 Å². The van der Waals surface area contributed by atoms with E-state index in [9.17, 15) is 8.78 Å². The number of hydrogen-bond donors (Lipinski definition) is 0. The Morgan fingerprint density at radius 1 is 1.33 bits per heavy atom. The molecule has 0 spiro atoms. The standard InChI is InChI=1S/C11H11F2NO/c1-7-5-6-10(15-14-7)11-8(12)3-2-4-9(11)13/h2-4,10H,5-6H2,1H3/t10-/m1/s1. The highest BCUT2D eigenvalue weighted by Crippen LogP contribution is 2.30. The summed E-state index contributed by atoms with van der Waals surface area (Å²) >= 11 is 0. The molecule has 1 aliphatic heterocycles. The fourth-order valence-electron chi connectivity index (χ4n) is 1.61. The van der Waals surface area contributed by atoms with Crippen molar-refractivity contribution >= 4 is 5.71 Å². The highest BCUT2D eigenvalue weighted by molar-refractivity contribution is 5.81. The zero-order valence-corrected chi connectivity index (χ0v) is 8.34. The van der Waals surface area contributed by atoms with Crippen LogP contribution in [-0.4, -0.2) is 5.71 Å². The van der Waals surface area contributed by atoms with Crippen LogP contribution in [0.1, 0.15) is 31.4 Å². The first kappa shape index (κ1) is 10.1. The second kappa shape index (κ2) is 3.96. The summed E-state index contributed by atoms with van der Waals surface area (Å²) in [7, 11) is 0. The minimum atomic E-state index is -0.602. The highest BCUT2D eigenvalue weighted by atomic mass is 19.1. The Hall–Kier alpha value is -1.45. The van der Waals surface area contributed by atoms with Crippen LogP contribution >= 0.6 is 0 Å². The van der Waals surface area contributed by atoms with Gasteiger partial charge in [-0.3, -0.25) is 0 Å².